The van der Waals surface area contributed by atoms with Gasteiger partial charge in [0.05, 0.1) is 10.4 Å². The number of thiazole rings is 2. The minimum Gasteiger partial charge on any atom is -0.444 e. The molecule has 0 saturated heterocycles. The number of amides is 2. The molecule has 2 heterocycles. The van der Waals surface area contributed by atoms with E-state index in [1.54, 1.807) is 17.9 Å². The molecule has 2 N–H and O–H groups in total. The average molecular weight is 636 g/mol. The van der Waals surface area contributed by atoms with Gasteiger partial charge in [-0.25, -0.2) is 14.6 Å². The monoisotopic (exact) mass is 635 g/mol. The number of hydrogen-bond acceptors (Lipinski definition) is 9. The van der Waals surface area contributed by atoms with Crippen LogP contribution in [0.3, 0.4) is 0 Å². The predicted molar refractivity (Wildman–Crippen MR) is 175 cm³/mol. The van der Waals surface area contributed by atoms with Crippen molar-refractivity contribution in [2.45, 2.75) is 58.9 Å². The van der Waals surface area contributed by atoms with Crippen molar-refractivity contribution in [1.82, 2.24) is 25.5 Å². The lowest BCUT2D eigenvalue weighted by Gasteiger charge is -2.35. The van der Waals surface area contributed by atoms with Gasteiger partial charge in [0.15, 0.2) is 0 Å². The molecular weight excluding hydrogens is 595 g/mol. The van der Waals surface area contributed by atoms with Crippen LogP contribution in [0.4, 0.5) is 9.59 Å². The standard InChI is InChI=1S/C33H41N5O4S2/c1-33(2,3)23-38(19-27(16-25-10-6-4-7-11-25)36-31(39)41-21-29-18-34-24-44-29)20-28(17-26-12-8-5-9-13-26)37-32(40)42-22-30-35-14-15-43-30/h4-15,18,24,27-28H,16-17,19-23H2,1-3H3,(H,36,39)(H,37,40). The first-order valence-corrected chi connectivity index (χ1v) is 16.4. The van der Waals surface area contributed by atoms with Crippen molar-refractivity contribution in [2.75, 3.05) is 19.6 Å². The van der Waals surface area contributed by atoms with Gasteiger partial charge in [-0.1, -0.05) is 81.4 Å². The summed E-state index contributed by atoms with van der Waals surface area (Å²) in [5, 5.41) is 8.81. The van der Waals surface area contributed by atoms with Gasteiger partial charge in [0, 0.05) is 49.5 Å². The van der Waals surface area contributed by atoms with Gasteiger partial charge in [0.1, 0.15) is 18.2 Å². The van der Waals surface area contributed by atoms with Crippen LogP contribution in [0, 0.1) is 5.41 Å². The van der Waals surface area contributed by atoms with Gasteiger partial charge in [0.2, 0.25) is 0 Å². The van der Waals surface area contributed by atoms with E-state index in [1.807, 2.05) is 41.8 Å². The molecule has 2 atom stereocenters. The van der Waals surface area contributed by atoms with Crippen LogP contribution in [0.1, 0.15) is 41.8 Å². The van der Waals surface area contributed by atoms with Crippen molar-refractivity contribution < 1.29 is 19.1 Å². The normalized spacial score (nSPS) is 12.8. The second-order valence-corrected chi connectivity index (χ2v) is 13.8. The molecular formula is C33H41N5O4S2. The van der Waals surface area contributed by atoms with E-state index >= 15 is 0 Å². The summed E-state index contributed by atoms with van der Waals surface area (Å²) in [6, 6.07) is 19.7. The van der Waals surface area contributed by atoms with Gasteiger partial charge in [0.25, 0.3) is 0 Å². The van der Waals surface area contributed by atoms with E-state index in [-0.39, 0.29) is 30.7 Å². The van der Waals surface area contributed by atoms with Crippen LogP contribution in [0.2, 0.25) is 0 Å². The molecule has 2 aromatic heterocycles. The van der Waals surface area contributed by atoms with Crippen LogP contribution in [0.15, 0.2) is 83.9 Å². The van der Waals surface area contributed by atoms with E-state index in [9.17, 15) is 9.59 Å². The van der Waals surface area contributed by atoms with Crippen LogP contribution < -0.4 is 10.6 Å². The Morgan fingerprint density at radius 3 is 1.89 bits per heavy atom. The molecule has 2 unspecified atom stereocenters. The molecule has 44 heavy (non-hydrogen) atoms. The van der Waals surface area contributed by atoms with E-state index in [1.165, 1.54) is 22.7 Å². The molecule has 234 valence electrons. The molecule has 2 aromatic carbocycles. The third-order valence-electron chi connectivity index (χ3n) is 6.59. The lowest BCUT2D eigenvalue weighted by molar-refractivity contribution is 0.118. The topological polar surface area (TPSA) is 106 Å². The van der Waals surface area contributed by atoms with Gasteiger partial charge in [-0.05, 0) is 29.4 Å². The van der Waals surface area contributed by atoms with Crippen molar-refractivity contribution in [3.63, 3.8) is 0 Å². The fourth-order valence-corrected chi connectivity index (χ4v) is 5.97. The quantitative estimate of drug-likeness (QED) is 0.157. The smallest absolute Gasteiger partial charge is 0.407 e. The third-order valence-corrected chi connectivity index (χ3v) is 8.09. The van der Waals surface area contributed by atoms with E-state index < -0.39 is 12.2 Å². The van der Waals surface area contributed by atoms with Crippen molar-refractivity contribution in [1.29, 1.82) is 0 Å². The summed E-state index contributed by atoms with van der Waals surface area (Å²) in [6.45, 7) is 8.72. The number of benzene rings is 2. The minimum atomic E-state index is -0.484. The van der Waals surface area contributed by atoms with Crippen LogP contribution in [-0.2, 0) is 35.5 Å². The number of carbonyl (C=O) groups is 2. The molecule has 0 aliphatic rings. The van der Waals surface area contributed by atoms with Crippen molar-refractivity contribution >= 4 is 34.9 Å². The average Bonchev–Trinajstić information content (AvgIpc) is 3.70. The molecule has 4 aromatic rings. The third kappa shape index (κ3) is 12.4. The summed E-state index contributed by atoms with van der Waals surface area (Å²) in [4.78, 5) is 37.3. The summed E-state index contributed by atoms with van der Waals surface area (Å²) in [5.41, 5.74) is 3.90. The van der Waals surface area contributed by atoms with Crippen LogP contribution in [0.5, 0.6) is 0 Å². The summed E-state index contributed by atoms with van der Waals surface area (Å²) >= 11 is 2.89. The molecule has 0 bridgehead atoms. The van der Waals surface area contributed by atoms with Gasteiger partial charge in [-0.15, -0.1) is 22.7 Å². The Labute approximate surface area is 267 Å². The van der Waals surface area contributed by atoms with Crippen molar-refractivity contribution in [3.05, 3.63) is 105 Å². The fraction of sp³-hybridized carbons (Fsp3) is 0.394. The highest BCUT2D eigenvalue weighted by atomic mass is 32.1. The van der Waals surface area contributed by atoms with E-state index in [0.717, 1.165) is 27.6 Å². The maximum Gasteiger partial charge on any atom is 0.407 e. The molecule has 0 aliphatic heterocycles. The summed E-state index contributed by atoms with van der Waals surface area (Å²) in [5.74, 6) is 0. The Bertz CT molecular complexity index is 1280. The first kappa shape index (κ1) is 33.1. The van der Waals surface area contributed by atoms with Crippen molar-refractivity contribution in [2.24, 2.45) is 5.41 Å². The van der Waals surface area contributed by atoms with Crippen LogP contribution in [0.25, 0.3) is 0 Å². The Kier molecular flexibility index (Phi) is 12.7. The number of nitrogens with one attached hydrogen (secondary N) is 2. The first-order chi connectivity index (χ1) is 21.2. The molecule has 0 saturated carbocycles. The number of ether oxygens (including phenoxy) is 2. The Hall–Kier alpha value is -3.80. The minimum absolute atomic E-state index is 0.0351. The summed E-state index contributed by atoms with van der Waals surface area (Å²) < 4.78 is 11.0. The zero-order valence-electron chi connectivity index (χ0n) is 25.5. The number of nitrogens with zero attached hydrogens (tertiary/aromatic N) is 3. The molecule has 0 aliphatic carbocycles. The zero-order chi connectivity index (χ0) is 31.2. The van der Waals surface area contributed by atoms with Crippen molar-refractivity contribution in [3.8, 4) is 0 Å². The largest absolute Gasteiger partial charge is 0.444 e. The highest BCUT2D eigenvalue weighted by Gasteiger charge is 2.26. The molecule has 9 nitrogen and oxygen atoms in total. The first-order valence-electron chi connectivity index (χ1n) is 14.6. The summed E-state index contributed by atoms with van der Waals surface area (Å²) in [6.07, 6.45) is 3.69. The van der Waals surface area contributed by atoms with E-state index in [0.29, 0.717) is 25.9 Å². The highest BCUT2D eigenvalue weighted by molar-refractivity contribution is 7.09. The summed E-state index contributed by atoms with van der Waals surface area (Å²) in [7, 11) is 0. The second kappa shape index (κ2) is 16.9. The highest BCUT2D eigenvalue weighted by Crippen LogP contribution is 2.18. The molecule has 2 amide bonds. The number of alkyl carbamates (subject to hydrolysis) is 2. The molecule has 0 fully saturated rings. The number of carbonyl (C=O) groups excluding carboxylic acids is 2. The molecule has 0 radical (unpaired) electrons. The second-order valence-electron chi connectivity index (χ2n) is 11.9. The SMILES string of the molecule is CC(C)(C)CN(CC(Cc1ccccc1)NC(=O)OCc1cncs1)CC(Cc1ccccc1)NC(=O)OCc1nccs1. The Morgan fingerprint density at radius 2 is 1.41 bits per heavy atom. The fourth-order valence-electron chi connectivity index (χ4n) is 4.94. The molecule has 0 spiro atoms. The van der Waals surface area contributed by atoms with Gasteiger partial charge >= 0.3 is 12.2 Å². The lowest BCUT2D eigenvalue weighted by Crippen LogP contribution is -2.52. The van der Waals surface area contributed by atoms with Crippen LogP contribution >= 0.6 is 22.7 Å². The van der Waals surface area contributed by atoms with Gasteiger partial charge in [-0.2, -0.15) is 0 Å². The Balaban J connectivity index is 1.49. The van der Waals surface area contributed by atoms with Gasteiger partial charge in [-0.3, -0.25) is 9.88 Å². The van der Waals surface area contributed by atoms with E-state index in [2.05, 4.69) is 70.5 Å². The van der Waals surface area contributed by atoms with Crippen LogP contribution in [-0.4, -0.2) is 58.8 Å². The number of aromatic nitrogens is 2. The Morgan fingerprint density at radius 1 is 0.841 bits per heavy atom. The van der Waals surface area contributed by atoms with Gasteiger partial charge < -0.3 is 20.1 Å². The number of hydrogen-bond donors (Lipinski definition) is 2. The zero-order valence-corrected chi connectivity index (χ0v) is 27.1. The molecule has 11 heteroatoms. The maximum absolute atomic E-state index is 12.9. The molecule has 4 rings (SSSR count). The number of rotatable bonds is 15. The van der Waals surface area contributed by atoms with E-state index in [4.69, 9.17) is 9.47 Å². The maximum atomic E-state index is 12.9. The lowest BCUT2D eigenvalue weighted by atomic mass is 9.94. The predicted octanol–water partition coefficient (Wildman–Crippen LogP) is 6.32.